The second-order valence-corrected chi connectivity index (χ2v) is 8.71. The molecule has 1 atom stereocenters. The van der Waals surface area contributed by atoms with Gasteiger partial charge in [-0.2, -0.15) is 0 Å². The molecule has 0 saturated carbocycles. The third kappa shape index (κ3) is 9.71. The van der Waals surface area contributed by atoms with Crippen molar-refractivity contribution >= 4 is 29.3 Å². The molecule has 2 aromatic rings. The second-order valence-electron chi connectivity index (χ2n) is 8.28. The quantitative estimate of drug-likeness (QED) is 0.250. The Balaban J connectivity index is 1.59. The second kappa shape index (κ2) is 13.9. The number of hydrogen-bond acceptors (Lipinski definition) is 5. The van der Waals surface area contributed by atoms with Crippen molar-refractivity contribution in [1.82, 2.24) is 10.6 Å². The molecule has 1 fully saturated rings. The predicted octanol–water partition coefficient (Wildman–Crippen LogP) is 5.08. The number of benzene rings is 2. The average Bonchev–Trinajstić information content (AvgIpc) is 2.83. The zero-order chi connectivity index (χ0) is 25.0. The van der Waals surface area contributed by atoms with Crippen LogP contribution in [0.4, 0.5) is 14.9 Å². The molecule has 0 aromatic heterocycles. The highest BCUT2D eigenvalue weighted by molar-refractivity contribution is 6.30. The predicted molar refractivity (Wildman–Crippen MR) is 134 cm³/mol. The van der Waals surface area contributed by atoms with Crippen molar-refractivity contribution in [2.45, 2.75) is 52.0 Å². The van der Waals surface area contributed by atoms with Crippen LogP contribution in [-0.2, 0) is 16.0 Å². The van der Waals surface area contributed by atoms with E-state index in [0.717, 1.165) is 24.8 Å². The maximum absolute atomic E-state index is 14.4. The van der Waals surface area contributed by atoms with E-state index in [4.69, 9.17) is 25.8 Å². The van der Waals surface area contributed by atoms with Crippen molar-refractivity contribution < 1.29 is 23.4 Å². The van der Waals surface area contributed by atoms with Crippen molar-refractivity contribution in [2.75, 3.05) is 25.1 Å². The zero-order valence-corrected chi connectivity index (χ0v) is 20.7. The number of amides is 2. The smallest absolute Gasteiger partial charge is 0.321 e. The summed E-state index contributed by atoms with van der Waals surface area (Å²) in [6, 6.07) is 11.2. The zero-order valence-electron chi connectivity index (χ0n) is 20.0. The van der Waals surface area contributed by atoms with Gasteiger partial charge in [0, 0.05) is 29.9 Å². The number of guanidine groups is 1. The van der Waals surface area contributed by atoms with Crippen LogP contribution in [0, 0.1) is 5.82 Å². The van der Waals surface area contributed by atoms with Crippen LogP contribution in [0.2, 0.25) is 5.02 Å². The lowest BCUT2D eigenvalue weighted by molar-refractivity contribution is -0.160. The van der Waals surface area contributed by atoms with Crippen LogP contribution in [0.1, 0.15) is 38.7 Å². The van der Waals surface area contributed by atoms with E-state index in [-0.39, 0.29) is 30.6 Å². The number of hydrogen-bond donors (Lipinski definition) is 3. The first-order valence-electron chi connectivity index (χ1n) is 11.7. The molecule has 0 radical (unpaired) electrons. The highest BCUT2D eigenvalue weighted by Gasteiger charge is 2.14. The fraction of sp³-hybridized carbons (Fsp3) is 0.440. The summed E-state index contributed by atoms with van der Waals surface area (Å²) in [7, 11) is 0. The number of carbonyl (C=O) groups excluding carboxylic acids is 1. The number of rotatable bonds is 9. The van der Waals surface area contributed by atoms with E-state index in [1.807, 2.05) is 26.0 Å². The monoisotopic (exact) mass is 506 g/mol. The Bertz CT molecular complexity index is 982. The van der Waals surface area contributed by atoms with Crippen LogP contribution in [0.5, 0.6) is 5.75 Å². The molecule has 3 rings (SSSR count). The van der Waals surface area contributed by atoms with E-state index in [0.29, 0.717) is 30.5 Å². The van der Waals surface area contributed by atoms with Gasteiger partial charge in [0.2, 0.25) is 5.96 Å². The Hall–Kier alpha value is -2.88. The lowest BCUT2D eigenvalue weighted by atomic mass is 10.2. The Kier molecular flexibility index (Phi) is 10.6. The summed E-state index contributed by atoms with van der Waals surface area (Å²) in [5.74, 6) is -0.212. The summed E-state index contributed by atoms with van der Waals surface area (Å²) < 4.78 is 31.0. The van der Waals surface area contributed by atoms with Gasteiger partial charge in [-0.05, 0) is 62.9 Å². The van der Waals surface area contributed by atoms with Gasteiger partial charge in [0.25, 0.3) is 0 Å². The molecule has 1 unspecified atom stereocenters. The molecule has 0 bridgehead atoms. The maximum atomic E-state index is 14.4. The summed E-state index contributed by atoms with van der Waals surface area (Å²) in [5.41, 5.74) is 1.30. The van der Waals surface area contributed by atoms with Crippen molar-refractivity contribution in [2.24, 2.45) is 4.99 Å². The van der Waals surface area contributed by atoms with E-state index in [1.54, 1.807) is 18.2 Å². The fourth-order valence-corrected chi connectivity index (χ4v) is 3.41. The van der Waals surface area contributed by atoms with E-state index in [1.165, 1.54) is 12.1 Å². The molecule has 1 heterocycles. The lowest BCUT2D eigenvalue weighted by Gasteiger charge is -2.22. The van der Waals surface area contributed by atoms with Crippen LogP contribution in [0.3, 0.4) is 0 Å². The number of ether oxygens (including phenoxy) is 3. The van der Waals surface area contributed by atoms with Gasteiger partial charge in [-0.15, -0.1) is 0 Å². The van der Waals surface area contributed by atoms with Crippen LogP contribution in [0.15, 0.2) is 47.5 Å². The number of aliphatic imine (C=N–C) groups is 1. The van der Waals surface area contributed by atoms with Gasteiger partial charge in [-0.25, -0.2) is 14.2 Å². The van der Waals surface area contributed by atoms with E-state index < -0.39 is 11.8 Å². The molecule has 0 aliphatic carbocycles. The average molecular weight is 507 g/mol. The number of nitrogens with one attached hydrogen (secondary N) is 3. The van der Waals surface area contributed by atoms with Crippen molar-refractivity contribution in [1.29, 1.82) is 0 Å². The van der Waals surface area contributed by atoms with Gasteiger partial charge in [-0.3, -0.25) is 5.32 Å². The Morgan fingerprint density at radius 2 is 2.03 bits per heavy atom. The highest BCUT2D eigenvalue weighted by atomic mass is 35.5. The molecule has 8 nitrogen and oxygen atoms in total. The number of anilines is 1. The first-order valence-corrected chi connectivity index (χ1v) is 12.1. The largest absolute Gasteiger partial charge is 0.488 e. The van der Waals surface area contributed by atoms with Crippen LogP contribution in [-0.4, -0.2) is 44.1 Å². The normalized spacial score (nSPS) is 16.1. The Morgan fingerprint density at radius 1 is 1.23 bits per heavy atom. The van der Waals surface area contributed by atoms with E-state index >= 15 is 0 Å². The number of halogens is 2. The van der Waals surface area contributed by atoms with Gasteiger partial charge in [0.1, 0.15) is 0 Å². The summed E-state index contributed by atoms with van der Waals surface area (Å²) in [6.07, 6.45) is 2.60. The molecule has 10 heteroatoms. The SMILES string of the molecule is CC(C)Oc1ccc(NC(=NCc2ccc(Cl)cc2)NC(=O)NCCOC2CCCCO2)cc1F. The molecular weight excluding hydrogens is 475 g/mol. The summed E-state index contributed by atoms with van der Waals surface area (Å²) in [4.78, 5) is 16.9. The third-order valence-corrected chi connectivity index (χ3v) is 5.20. The minimum atomic E-state index is -0.521. The van der Waals surface area contributed by atoms with Gasteiger partial charge in [0.05, 0.1) is 19.3 Å². The van der Waals surface area contributed by atoms with Crippen molar-refractivity contribution in [3.8, 4) is 5.75 Å². The molecule has 0 spiro atoms. The van der Waals surface area contributed by atoms with Crippen LogP contribution < -0.4 is 20.7 Å². The lowest BCUT2D eigenvalue weighted by Crippen LogP contribution is -2.44. The van der Waals surface area contributed by atoms with Crippen molar-refractivity contribution in [3.63, 3.8) is 0 Å². The van der Waals surface area contributed by atoms with Gasteiger partial charge >= 0.3 is 6.03 Å². The van der Waals surface area contributed by atoms with E-state index in [9.17, 15) is 9.18 Å². The minimum Gasteiger partial charge on any atom is -0.488 e. The molecular formula is C25H32ClFN4O4. The molecule has 2 aromatic carbocycles. The number of urea groups is 1. The molecule has 1 aliphatic rings. The molecule has 3 N–H and O–H groups in total. The molecule has 1 aliphatic heterocycles. The highest BCUT2D eigenvalue weighted by Crippen LogP contribution is 2.22. The third-order valence-electron chi connectivity index (χ3n) is 4.95. The minimum absolute atomic E-state index is 0.151. The molecule has 35 heavy (non-hydrogen) atoms. The summed E-state index contributed by atoms with van der Waals surface area (Å²) in [6.45, 7) is 5.24. The standard InChI is InChI=1S/C25H32ClFN4O4/c1-17(2)35-22-11-10-20(15-21(22)27)30-24(29-16-18-6-8-19(26)9-7-18)31-25(32)28-12-14-34-23-5-3-4-13-33-23/h6-11,15,17,23H,3-5,12-14,16H2,1-2H3,(H3,28,29,30,31,32). The van der Waals surface area contributed by atoms with Crippen LogP contribution >= 0.6 is 11.6 Å². The first kappa shape index (κ1) is 26.7. The molecule has 1 saturated heterocycles. The van der Waals surface area contributed by atoms with Gasteiger partial charge < -0.3 is 24.8 Å². The molecule has 2 amide bonds. The number of carbonyl (C=O) groups is 1. The fourth-order valence-electron chi connectivity index (χ4n) is 3.28. The topological polar surface area (TPSA) is 93.2 Å². The van der Waals surface area contributed by atoms with Gasteiger partial charge in [-0.1, -0.05) is 23.7 Å². The summed E-state index contributed by atoms with van der Waals surface area (Å²) in [5, 5.41) is 8.98. The molecule has 190 valence electrons. The number of nitrogens with zero attached hydrogens (tertiary/aromatic N) is 1. The Labute approximate surface area is 210 Å². The first-order chi connectivity index (χ1) is 16.9. The van der Waals surface area contributed by atoms with Gasteiger partial charge in [0.15, 0.2) is 17.9 Å². The maximum Gasteiger partial charge on any atom is 0.321 e. The van der Waals surface area contributed by atoms with E-state index in [2.05, 4.69) is 20.9 Å². The summed E-state index contributed by atoms with van der Waals surface area (Å²) >= 11 is 5.94. The Morgan fingerprint density at radius 3 is 2.71 bits per heavy atom. The van der Waals surface area contributed by atoms with Crippen molar-refractivity contribution in [3.05, 3.63) is 58.9 Å². The van der Waals surface area contributed by atoms with Crippen LogP contribution in [0.25, 0.3) is 0 Å².